The first kappa shape index (κ1) is 5.09. The van der Waals surface area contributed by atoms with Crippen molar-refractivity contribution in [2.24, 2.45) is 23.7 Å². The Hall–Kier alpha value is -0.610. The van der Waals surface area contributed by atoms with Gasteiger partial charge in [0.15, 0.2) is 12.0 Å². The zero-order valence-electron chi connectivity index (χ0n) is 5.96. The summed E-state index contributed by atoms with van der Waals surface area (Å²) < 4.78 is 0. The molecule has 0 aromatic heterocycles. The van der Waals surface area contributed by atoms with Crippen LogP contribution in [0.5, 0.6) is 0 Å². The molecule has 0 saturated heterocycles. The van der Waals surface area contributed by atoms with Gasteiger partial charge in [0.2, 0.25) is 6.08 Å². The quantitative estimate of drug-likeness (QED) is 0.349. The molecule has 0 aromatic carbocycles. The molecule has 0 radical (unpaired) electrons. The Morgan fingerprint density at radius 3 is 3.30 bits per heavy atom. The topological polar surface area (TPSA) is 0 Å². The molecule has 10 heavy (non-hydrogen) atoms. The molecule has 4 atom stereocenters. The molecule has 0 aliphatic heterocycles. The van der Waals surface area contributed by atoms with Crippen LogP contribution in [0.1, 0.15) is 12.8 Å². The molecule has 1 saturated carbocycles. The van der Waals surface area contributed by atoms with Crippen molar-refractivity contribution in [2.75, 3.05) is 0 Å². The second kappa shape index (κ2) is 1.52. The highest BCUT2D eigenvalue weighted by atomic mass is 14.5. The van der Waals surface area contributed by atoms with Crippen LogP contribution in [-0.2, 0) is 0 Å². The molecule has 0 amide bonds. The molecule has 0 nitrogen and oxygen atoms in total. The molecule has 3 rings (SSSR count). The highest BCUT2D eigenvalue weighted by Gasteiger charge is 2.52. The summed E-state index contributed by atoms with van der Waals surface area (Å²) in [6, 6.07) is 0. The molecule has 2 bridgehead atoms. The molecular weight excluding hydrogens is 120 g/mol. The Balaban J connectivity index is 2.04. The van der Waals surface area contributed by atoms with Crippen molar-refractivity contribution >= 4 is 0 Å². The second-order valence-electron chi connectivity index (χ2n) is 3.74. The normalized spacial score (nSPS) is 53.6. The number of hydrogen-bond acceptors (Lipinski definition) is 0. The second-order valence-corrected chi connectivity index (χ2v) is 3.74. The van der Waals surface area contributed by atoms with E-state index in [1.54, 1.807) is 0 Å². The van der Waals surface area contributed by atoms with E-state index >= 15 is 0 Å². The third-order valence-corrected chi connectivity index (χ3v) is 3.32. The Morgan fingerprint density at radius 1 is 1.40 bits per heavy atom. The number of allylic oxidation sites excluding steroid dienone is 4. The van der Waals surface area contributed by atoms with E-state index < -0.39 is 0 Å². The first-order valence-electron chi connectivity index (χ1n) is 4.21. The van der Waals surface area contributed by atoms with Crippen LogP contribution in [0, 0.1) is 29.7 Å². The largest absolute Gasteiger partial charge is 0.222 e. The average molecular weight is 131 g/mol. The summed E-state index contributed by atoms with van der Waals surface area (Å²) in [6.45, 7) is 0. The van der Waals surface area contributed by atoms with Gasteiger partial charge in [0.05, 0.1) is 0 Å². The monoisotopic (exact) mass is 131 g/mol. The number of fused-ring (bicyclic) bond motifs is 5. The van der Waals surface area contributed by atoms with Gasteiger partial charge in [-0.1, -0.05) is 12.2 Å². The standard InChI is InChI=1S/C10H11/c1-2-9-7-4-5-8(6-7)10(9)3-1/h1-2,4,7-10H,3,6H2/q+1. The van der Waals surface area contributed by atoms with Gasteiger partial charge in [-0.15, -0.1) is 0 Å². The molecule has 50 valence electrons. The van der Waals surface area contributed by atoms with E-state index in [1.807, 2.05) is 0 Å². The van der Waals surface area contributed by atoms with Crippen LogP contribution in [0.15, 0.2) is 18.2 Å². The van der Waals surface area contributed by atoms with E-state index in [4.69, 9.17) is 0 Å². The molecular formula is C10H11+. The number of rotatable bonds is 0. The smallest absolute Gasteiger partial charge is 0.0877 e. The summed E-state index contributed by atoms with van der Waals surface area (Å²) in [6.07, 6.45) is 13.3. The molecule has 4 unspecified atom stereocenters. The molecule has 0 aromatic rings. The van der Waals surface area contributed by atoms with Crippen LogP contribution in [0.3, 0.4) is 0 Å². The van der Waals surface area contributed by atoms with Gasteiger partial charge in [-0.2, -0.15) is 0 Å². The first-order valence-corrected chi connectivity index (χ1v) is 4.21. The fraction of sp³-hybridized carbons (Fsp3) is 0.600. The first-order chi connectivity index (χ1) is 4.95. The number of hydrogen-bond donors (Lipinski definition) is 0. The van der Waals surface area contributed by atoms with Gasteiger partial charge in [0, 0.05) is 18.3 Å². The van der Waals surface area contributed by atoms with Gasteiger partial charge in [-0.25, -0.2) is 0 Å². The Morgan fingerprint density at radius 2 is 2.40 bits per heavy atom. The molecule has 0 spiro atoms. The fourth-order valence-electron chi connectivity index (χ4n) is 2.83. The molecule has 3 aliphatic carbocycles. The van der Waals surface area contributed by atoms with Gasteiger partial charge in [-0.3, -0.25) is 0 Å². The van der Waals surface area contributed by atoms with Crippen molar-refractivity contribution in [3.8, 4) is 0 Å². The molecule has 3 aliphatic rings. The zero-order chi connectivity index (χ0) is 6.55. The summed E-state index contributed by atoms with van der Waals surface area (Å²) in [5.41, 5.74) is 0. The lowest BCUT2D eigenvalue weighted by atomic mass is 9.86. The summed E-state index contributed by atoms with van der Waals surface area (Å²) >= 11 is 0. The summed E-state index contributed by atoms with van der Waals surface area (Å²) in [5.74, 6) is 3.56. The summed E-state index contributed by atoms with van der Waals surface area (Å²) in [4.78, 5) is 0. The van der Waals surface area contributed by atoms with Gasteiger partial charge in [0.25, 0.3) is 0 Å². The predicted molar refractivity (Wildman–Crippen MR) is 40.1 cm³/mol. The Kier molecular flexibility index (Phi) is 0.772. The van der Waals surface area contributed by atoms with E-state index in [1.165, 1.54) is 12.8 Å². The molecule has 0 N–H and O–H groups in total. The molecule has 1 fully saturated rings. The van der Waals surface area contributed by atoms with E-state index in [-0.39, 0.29) is 0 Å². The van der Waals surface area contributed by atoms with Gasteiger partial charge in [0.1, 0.15) is 0 Å². The maximum Gasteiger partial charge on any atom is 0.222 e. The van der Waals surface area contributed by atoms with Crippen LogP contribution in [-0.4, -0.2) is 0 Å². The van der Waals surface area contributed by atoms with Crippen LogP contribution in [0.25, 0.3) is 0 Å². The van der Waals surface area contributed by atoms with E-state index in [9.17, 15) is 0 Å². The van der Waals surface area contributed by atoms with Crippen LogP contribution >= 0.6 is 0 Å². The minimum atomic E-state index is 0.824. The Bertz CT molecular complexity index is 212. The zero-order valence-corrected chi connectivity index (χ0v) is 5.96. The highest BCUT2D eigenvalue weighted by Crippen LogP contribution is 2.52. The lowest BCUT2D eigenvalue weighted by Gasteiger charge is -2.11. The van der Waals surface area contributed by atoms with Gasteiger partial charge < -0.3 is 0 Å². The van der Waals surface area contributed by atoms with Crippen molar-refractivity contribution in [2.45, 2.75) is 12.8 Å². The van der Waals surface area contributed by atoms with Crippen molar-refractivity contribution in [3.63, 3.8) is 0 Å². The van der Waals surface area contributed by atoms with Gasteiger partial charge in [-0.05, 0) is 12.3 Å². The third kappa shape index (κ3) is 0.433. The van der Waals surface area contributed by atoms with Crippen LogP contribution in [0.2, 0.25) is 0 Å². The molecule has 0 heteroatoms. The maximum absolute atomic E-state index is 3.46. The van der Waals surface area contributed by atoms with Crippen LogP contribution in [0.4, 0.5) is 0 Å². The van der Waals surface area contributed by atoms with Crippen molar-refractivity contribution in [1.29, 1.82) is 0 Å². The Labute approximate surface area is 61.6 Å². The lowest BCUT2D eigenvalue weighted by Crippen LogP contribution is -2.12. The summed E-state index contributed by atoms with van der Waals surface area (Å²) in [7, 11) is 0. The van der Waals surface area contributed by atoms with Crippen molar-refractivity contribution in [1.82, 2.24) is 0 Å². The highest BCUT2D eigenvalue weighted by molar-refractivity contribution is 5.18. The fourth-order valence-corrected chi connectivity index (χ4v) is 2.83. The SMILES string of the molecule is [C+]1=CC2CC1C1CC=CC21. The predicted octanol–water partition coefficient (Wildman–Crippen LogP) is 2.19. The minimum Gasteiger partial charge on any atom is -0.0877 e. The third-order valence-electron chi connectivity index (χ3n) is 3.32. The van der Waals surface area contributed by atoms with E-state index in [0.29, 0.717) is 0 Å². The average Bonchev–Trinajstić information content (AvgIpc) is 2.60. The van der Waals surface area contributed by atoms with Crippen molar-refractivity contribution in [3.05, 3.63) is 24.3 Å². The van der Waals surface area contributed by atoms with Crippen molar-refractivity contribution < 1.29 is 0 Å². The van der Waals surface area contributed by atoms with Crippen LogP contribution < -0.4 is 0 Å². The lowest BCUT2D eigenvalue weighted by molar-refractivity contribution is 0.391. The molecule has 0 heterocycles. The van der Waals surface area contributed by atoms with E-state index in [0.717, 1.165) is 23.7 Å². The van der Waals surface area contributed by atoms with Gasteiger partial charge >= 0.3 is 0 Å². The summed E-state index contributed by atoms with van der Waals surface area (Å²) in [5, 5.41) is 0. The minimum absolute atomic E-state index is 0.824. The maximum atomic E-state index is 3.46. The van der Waals surface area contributed by atoms with E-state index in [2.05, 4.69) is 24.3 Å².